The van der Waals surface area contributed by atoms with E-state index in [4.69, 9.17) is 0 Å². The predicted octanol–water partition coefficient (Wildman–Crippen LogP) is 5.45. The zero-order valence-corrected chi connectivity index (χ0v) is 16.4. The number of nitrogens with zero attached hydrogens (tertiary/aromatic N) is 1. The van der Waals surface area contributed by atoms with E-state index in [0.717, 1.165) is 0 Å². The largest absolute Gasteiger partial charge is 0.330 e. The van der Waals surface area contributed by atoms with Gasteiger partial charge in [0.1, 0.15) is 0 Å². The Labute approximate surface area is 138 Å². The van der Waals surface area contributed by atoms with E-state index in [-0.39, 0.29) is 18.0 Å². The summed E-state index contributed by atoms with van der Waals surface area (Å²) in [6, 6.07) is 0.426. The highest BCUT2D eigenvalue weighted by Crippen LogP contribution is 2.34. The molecule has 0 aromatic rings. The maximum Gasteiger partial charge on any atom is 0.247 e. The first-order valence-electron chi connectivity index (χ1n) is 8.92. The van der Waals surface area contributed by atoms with Crippen molar-refractivity contribution in [2.24, 2.45) is 17.8 Å². The van der Waals surface area contributed by atoms with Crippen molar-refractivity contribution in [3.63, 3.8) is 0 Å². The van der Waals surface area contributed by atoms with Crippen LogP contribution >= 0.6 is 0 Å². The van der Waals surface area contributed by atoms with Crippen LogP contribution in [0.1, 0.15) is 69.2 Å². The predicted molar refractivity (Wildman–Crippen MR) is 97.8 cm³/mol. The number of carbonyl (C=O) groups excluding carboxylic acids is 1. The molecule has 22 heavy (non-hydrogen) atoms. The second-order valence-electron chi connectivity index (χ2n) is 7.08. The van der Waals surface area contributed by atoms with Gasteiger partial charge in [-0.3, -0.25) is 4.79 Å². The Balaban J connectivity index is 0.00000211. The van der Waals surface area contributed by atoms with Crippen molar-refractivity contribution in [1.29, 1.82) is 0 Å². The topological polar surface area (TPSA) is 20.3 Å². The van der Waals surface area contributed by atoms with E-state index in [1.165, 1.54) is 11.1 Å². The van der Waals surface area contributed by atoms with Crippen molar-refractivity contribution in [2.75, 3.05) is 0 Å². The Kier molecular flexibility index (Phi) is 8.73. The summed E-state index contributed by atoms with van der Waals surface area (Å²) in [4.78, 5) is 14.6. The standard InChI is InChI=1S/C18H31NO.C2H6/c1-11(2)15-9-10-16(20)19(14(7)8)18(13(5)6)17(15)12(3)4;1-2/h9-14,18H,1-8H3;1-2H3. The zero-order valence-electron chi connectivity index (χ0n) is 16.4. The van der Waals surface area contributed by atoms with Gasteiger partial charge in [-0.05, 0) is 42.7 Å². The minimum absolute atomic E-state index is 0.146. The van der Waals surface area contributed by atoms with Crippen molar-refractivity contribution in [3.8, 4) is 0 Å². The lowest BCUT2D eigenvalue weighted by molar-refractivity contribution is -0.130. The molecule has 0 saturated carbocycles. The maximum absolute atomic E-state index is 12.5. The monoisotopic (exact) mass is 307 g/mol. The van der Waals surface area contributed by atoms with Gasteiger partial charge in [0.05, 0.1) is 6.04 Å². The minimum Gasteiger partial charge on any atom is -0.330 e. The van der Waals surface area contributed by atoms with Crippen LogP contribution in [0, 0.1) is 17.8 Å². The molecule has 128 valence electrons. The molecule has 2 nitrogen and oxygen atoms in total. The highest BCUT2D eigenvalue weighted by atomic mass is 16.2. The Morgan fingerprint density at radius 3 is 1.68 bits per heavy atom. The first-order chi connectivity index (χ1) is 10.2. The number of allylic oxidation sites excluding steroid dienone is 2. The average molecular weight is 308 g/mol. The average Bonchev–Trinajstić information content (AvgIpc) is 2.57. The van der Waals surface area contributed by atoms with E-state index in [9.17, 15) is 4.79 Å². The molecular formula is C20H37NO. The number of hydrogen-bond acceptors (Lipinski definition) is 1. The lowest BCUT2D eigenvalue weighted by Crippen LogP contribution is -2.48. The molecule has 0 aliphatic carbocycles. The van der Waals surface area contributed by atoms with Gasteiger partial charge in [-0.15, -0.1) is 0 Å². The molecule has 0 bridgehead atoms. The fourth-order valence-corrected chi connectivity index (χ4v) is 3.26. The summed E-state index contributed by atoms with van der Waals surface area (Å²) in [7, 11) is 0. The second-order valence-corrected chi connectivity index (χ2v) is 7.08. The van der Waals surface area contributed by atoms with Crippen LogP contribution < -0.4 is 0 Å². The summed E-state index contributed by atoms with van der Waals surface area (Å²) < 4.78 is 0. The smallest absolute Gasteiger partial charge is 0.247 e. The molecule has 0 aromatic heterocycles. The van der Waals surface area contributed by atoms with Gasteiger partial charge in [0.25, 0.3) is 0 Å². The summed E-state index contributed by atoms with van der Waals surface area (Å²) in [5, 5.41) is 0. The van der Waals surface area contributed by atoms with Gasteiger partial charge >= 0.3 is 0 Å². The maximum atomic E-state index is 12.5. The fourth-order valence-electron chi connectivity index (χ4n) is 3.26. The van der Waals surface area contributed by atoms with Crippen molar-refractivity contribution in [1.82, 2.24) is 4.90 Å². The van der Waals surface area contributed by atoms with Crippen LogP contribution in [0.25, 0.3) is 0 Å². The van der Waals surface area contributed by atoms with E-state index in [0.29, 0.717) is 17.8 Å². The normalized spacial score (nSPS) is 19.3. The zero-order chi connectivity index (χ0) is 17.6. The quantitative estimate of drug-likeness (QED) is 0.676. The molecule has 1 heterocycles. The SMILES string of the molecule is CC.CC(C)C1=C(C(C)C)C(C(C)C)N(C(C)C)C(=O)C=C1. The molecular weight excluding hydrogens is 270 g/mol. The molecule has 1 rings (SSSR count). The van der Waals surface area contributed by atoms with Gasteiger partial charge in [0.2, 0.25) is 5.91 Å². The third-order valence-corrected chi connectivity index (χ3v) is 4.04. The minimum atomic E-state index is 0.146. The van der Waals surface area contributed by atoms with Gasteiger partial charge in [0, 0.05) is 12.1 Å². The lowest BCUT2D eigenvalue weighted by Gasteiger charge is -2.40. The summed E-state index contributed by atoms with van der Waals surface area (Å²) in [6.07, 6.45) is 3.82. The second kappa shape index (κ2) is 9.17. The van der Waals surface area contributed by atoms with Crippen LogP contribution in [-0.4, -0.2) is 22.9 Å². The fraction of sp³-hybridized carbons (Fsp3) is 0.750. The molecule has 0 aromatic carbocycles. The number of amides is 1. The van der Waals surface area contributed by atoms with E-state index >= 15 is 0 Å². The molecule has 2 heteroatoms. The molecule has 1 unspecified atom stereocenters. The molecule has 0 radical (unpaired) electrons. The first kappa shape index (κ1) is 20.9. The molecule has 1 amide bonds. The molecule has 1 aliphatic rings. The van der Waals surface area contributed by atoms with E-state index in [1.54, 1.807) is 6.08 Å². The Bertz CT molecular complexity index is 413. The Hall–Kier alpha value is -1.05. The lowest BCUT2D eigenvalue weighted by atomic mass is 9.81. The Morgan fingerprint density at radius 2 is 1.36 bits per heavy atom. The third-order valence-electron chi connectivity index (χ3n) is 4.04. The van der Waals surface area contributed by atoms with Crippen LogP contribution in [0.4, 0.5) is 0 Å². The summed E-state index contributed by atoms with van der Waals surface area (Å²) in [5.74, 6) is 1.47. The molecule has 0 N–H and O–H groups in total. The van der Waals surface area contributed by atoms with Crippen molar-refractivity contribution >= 4 is 5.91 Å². The van der Waals surface area contributed by atoms with E-state index in [1.807, 2.05) is 13.8 Å². The number of rotatable bonds is 4. The number of carbonyl (C=O) groups is 1. The highest BCUT2D eigenvalue weighted by Gasteiger charge is 2.34. The van der Waals surface area contributed by atoms with Crippen LogP contribution in [0.5, 0.6) is 0 Å². The molecule has 0 spiro atoms. The first-order valence-corrected chi connectivity index (χ1v) is 8.92. The van der Waals surface area contributed by atoms with Gasteiger partial charge in [-0.2, -0.15) is 0 Å². The summed E-state index contributed by atoms with van der Waals surface area (Å²) in [5.41, 5.74) is 2.78. The van der Waals surface area contributed by atoms with Gasteiger partial charge in [0.15, 0.2) is 0 Å². The number of hydrogen-bond donors (Lipinski definition) is 0. The molecule has 1 atom stereocenters. The Morgan fingerprint density at radius 1 is 0.864 bits per heavy atom. The third kappa shape index (κ3) is 4.72. The van der Waals surface area contributed by atoms with Crippen LogP contribution in [0.2, 0.25) is 0 Å². The van der Waals surface area contributed by atoms with Gasteiger partial charge in [-0.1, -0.05) is 61.5 Å². The van der Waals surface area contributed by atoms with E-state index < -0.39 is 0 Å². The summed E-state index contributed by atoms with van der Waals surface area (Å²) >= 11 is 0. The highest BCUT2D eigenvalue weighted by molar-refractivity contribution is 5.89. The molecule has 0 saturated heterocycles. The van der Waals surface area contributed by atoms with Gasteiger partial charge in [-0.25, -0.2) is 0 Å². The van der Waals surface area contributed by atoms with Crippen molar-refractivity contribution < 1.29 is 4.79 Å². The van der Waals surface area contributed by atoms with Crippen molar-refractivity contribution in [2.45, 2.75) is 81.3 Å². The summed E-state index contributed by atoms with van der Waals surface area (Å²) in [6.45, 7) is 21.6. The van der Waals surface area contributed by atoms with Crippen molar-refractivity contribution in [3.05, 3.63) is 23.3 Å². The van der Waals surface area contributed by atoms with E-state index in [2.05, 4.69) is 66.4 Å². The van der Waals surface area contributed by atoms with Crippen LogP contribution in [-0.2, 0) is 4.79 Å². The molecule has 0 fully saturated rings. The van der Waals surface area contributed by atoms with Gasteiger partial charge < -0.3 is 4.90 Å². The van der Waals surface area contributed by atoms with Crippen LogP contribution in [0.15, 0.2) is 23.3 Å². The molecule has 1 aliphatic heterocycles. The van der Waals surface area contributed by atoms with Crippen LogP contribution in [0.3, 0.4) is 0 Å².